The van der Waals surface area contributed by atoms with Crippen molar-refractivity contribution in [2.45, 2.75) is 6.42 Å². The van der Waals surface area contributed by atoms with E-state index < -0.39 is 5.97 Å². The smallest absolute Gasteiger partial charge is 0.311 e. The van der Waals surface area contributed by atoms with E-state index in [1.54, 1.807) is 18.3 Å². The minimum atomic E-state index is -0.906. The lowest BCUT2D eigenvalue weighted by atomic mass is 10.2. The van der Waals surface area contributed by atoms with Crippen LogP contribution in [-0.2, 0) is 11.2 Å². The summed E-state index contributed by atoms with van der Waals surface area (Å²) in [7, 11) is 0. The topological polar surface area (TPSA) is 66.0 Å². The Bertz CT molecular complexity index is 505. The van der Waals surface area contributed by atoms with E-state index in [2.05, 4.69) is 9.97 Å². The fraction of sp³-hybridized carbons (Fsp3) is 0.0909. The molecule has 5 heteroatoms. The van der Waals surface area contributed by atoms with Crippen LogP contribution in [0, 0.1) is 0 Å². The molecule has 16 heavy (non-hydrogen) atoms. The Labute approximate surface area is 96.9 Å². The predicted octanol–water partition coefficient (Wildman–Crippen LogP) is 2.36. The van der Waals surface area contributed by atoms with Gasteiger partial charge in [-0.05, 0) is 17.7 Å². The zero-order valence-corrected chi connectivity index (χ0v) is 9.03. The Hall–Kier alpha value is -1.81. The van der Waals surface area contributed by atoms with Crippen LogP contribution in [-0.4, -0.2) is 21.0 Å². The van der Waals surface area contributed by atoms with E-state index >= 15 is 0 Å². The Morgan fingerprint density at radius 2 is 2.06 bits per heavy atom. The molecule has 2 aromatic rings. The molecule has 4 nitrogen and oxygen atoms in total. The molecule has 0 amide bonds. The number of H-pyrrole nitrogens is 1. The van der Waals surface area contributed by atoms with E-state index in [9.17, 15) is 4.79 Å². The van der Waals surface area contributed by atoms with Crippen molar-refractivity contribution >= 4 is 17.6 Å². The molecule has 0 radical (unpaired) electrons. The molecule has 1 aromatic heterocycles. The van der Waals surface area contributed by atoms with Gasteiger partial charge in [-0.25, -0.2) is 4.98 Å². The molecule has 0 fully saturated rings. The summed E-state index contributed by atoms with van der Waals surface area (Å²) in [6, 6.07) is 7.24. The number of hydrogen-bond donors (Lipinski definition) is 2. The third-order valence-corrected chi connectivity index (χ3v) is 2.35. The number of benzene rings is 1. The van der Waals surface area contributed by atoms with E-state index in [1.165, 1.54) is 0 Å². The van der Waals surface area contributed by atoms with Gasteiger partial charge < -0.3 is 10.1 Å². The molecule has 0 atom stereocenters. The van der Waals surface area contributed by atoms with Gasteiger partial charge in [-0.15, -0.1) is 0 Å². The lowest BCUT2D eigenvalue weighted by Crippen LogP contribution is -2.01. The standard InChI is InChI=1S/C11H9ClN2O2/c12-8-3-1-7(2-4-8)9-6-13-10(14-9)5-11(15)16/h1-4,6H,5H2,(H,13,14)(H,15,16). The van der Waals surface area contributed by atoms with Gasteiger partial charge >= 0.3 is 5.97 Å². The summed E-state index contributed by atoms with van der Waals surface area (Å²) in [5.74, 6) is -0.463. The first kappa shape index (κ1) is 10.7. The van der Waals surface area contributed by atoms with Crippen LogP contribution >= 0.6 is 11.6 Å². The molecule has 1 aromatic carbocycles. The maximum absolute atomic E-state index is 10.5. The van der Waals surface area contributed by atoms with Gasteiger partial charge in [0.05, 0.1) is 11.9 Å². The minimum Gasteiger partial charge on any atom is -0.481 e. The SMILES string of the molecule is O=C(O)Cc1ncc(-c2ccc(Cl)cc2)[nH]1. The first-order valence-corrected chi connectivity index (χ1v) is 5.04. The lowest BCUT2D eigenvalue weighted by Gasteiger charge is -1.96. The molecule has 82 valence electrons. The summed E-state index contributed by atoms with van der Waals surface area (Å²) in [4.78, 5) is 17.4. The number of nitrogens with zero attached hydrogens (tertiary/aromatic N) is 1. The highest BCUT2D eigenvalue weighted by Crippen LogP contribution is 2.19. The number of carboxylic acid groups (broad SMARTS) is 1. The van der Waals surface area contributed by atoms with Crippen molar-refractivity contribution in [3.8, 4) is 11.3 Å². The van der Waals surface area contributed by atoms with Gasteiger partial charge in [-0.3, -0.25) is 4.79 Å². The molecule has 0 aliphatic rings. The van der Waals surface area contributed by atoms with Gasteiger partial charge in [0.1, 0.15) is 12.2 Å². The molecule has 0 spiro atoms. The number of imidazole rings is 1. The number of nitrogens with one attached hydrogen (secondary N) is 1. The summed E-state index contributed by atoms with van der Waals surface area (Å²) >= 11 is 5.77. The van der Waals surface area contributed by atoms with Crippen LogP contribution in [0.3, 0.4) is 0 Å². The Morgan fingerprint density at radius 3 is 2.69 bits per heavy atom. The van der Waals surface area contributed by atoms with Crippen molar-refractivity contribution < 1.29 is 9.90 Å². The number of carbonyl (C=O) groups is 1. The fourth-order valence-corrected chi connectivity index (χ4v) is 1.50. The van der Waals surface area contributed by atoms with Crippen molar-refractivity contribution in [2.75, 3.05) is 0 Å². The number of rotatable bonds is 3. The first-order chi connectivity index (χ1) is 7.65. The van der Waals surface area contributed by atoms with Crippen molar-refractivity contribution in [1.82, 2.24) is 9.97 Å². The third kappa shape index (κ3) is 2.41. The van der Waals surface area contributed by atoms with E-state index in [0.29, 0.717) is 10.8 Å². The van der Waals surface area contributed by atoms with Gasteiger partial charge in [-0.2, -0.15) is 0 Å². The molecular weight excluding hydrogens is 228 g/mol. The Balaban J connectivity index is 2.24. The summed E-state index contributed by atoms with van der Waals surface area (Å²) < 4.78 is 0. The van der Waals surface area contributed by atoms with Crippen LogP contribution in [0.25, 0.3) is 11.3 Å². The molecule has 0 saturated carbocycles. The summed E-state index contributed by atoms with van der Waals surface area (Å²) in [6.07, 6.45) is 1.51. The molecule has 1 heterocycles. The second-order valence-electron chi connectivity index (χ2n) is 3.32. The van der Waals surface area contributed by atoms with Crippen molar-refractivity contribution in [3.63, 3.8) is 0 Å². The van der Waals surface area contributed by atoms with E-state index in [4.69, 9.17) is 16.7 Å². The quantitative estimate of drug-likeness (QED) is 0.860. The molecule has 0 saturated heterocycles. The largest absolute Gasteiger partial charge is 0.481 e. The van der Waals surface area contributed by atoms with E-state index in [0.717, 1.165) is 11.3 Å². The number of aliphatic carboxylic acids is 1. The van der Waals surface area contributed by atoms with Crippen LogP contribution in [0.15, 0.2) is 30.5 Å². The summed E-state index contributed by atoms with van der Waals surface area (Å²) in [5.41, 5.74) is 1.71. The molecule has 0 bridgehead atoms. The molecule has 2 N–H and O–H groups in total. The summed E-state index contributed by atoms with van der Waals surface area (Å²) in [6.45, 7) is 0. The van der Waals surface area contributed by atoms with Crippen LogP contribution in [0.5, 0.6) is 0 Å². The number of halogens is 1. The van der Waals surface area contributed by atoms with Crippen LogP contribution in [0.4, 0.5) is 0 Å². The normalized spacial score (nSPS) is 10.3. The average molecular weight is 237 g/mol. The molecule has 0 aliphatic carbocycles. The lowest BCUT2D eigenvalue weighted by molar-refractivity contribution is -0.136. The minimum absolute atomic E-state index is 0.104. The number of aromatic nitrogens is 2. The van der Waals surface area contributed by atoms with Crippen molar-refractivity contribution in [2.24, 2.45) is 0 Å². The number of hydrogen-bond acceptors (Lipinski definition) is 2. The van der Waals surface area contributed by atoms with Gasteiger partial charge in [0.15, 0.2) is 0 Å². The predicted molar refractivity (Wildman–Crippen MR) is 60.4 cm³/mol. The summed E-state index contributed by atoms with van der Waals surface area (Å²) in [5, 5.41) is 9.27. The monoisotopic (exact) mass is 236 g/mol. The Morgan fingerprint density at radius 1 is 1.38 bits per heavy atom. The fourth-order valence-electron chi connectivity index (χ4n) is 1.37. The molecule has 0 aliphatic heterocycles. The van der Waals surface area contributed by atoms with Crippen molar-refractivity contribution in [3.05, 3.63) is 41.3 Å². The van der Waals surface area contributed by atoms with Crippen LogP contribution in [0.2, 0.25) is 5.02 Å². The molecular formula is C11H9ClN2O2. The molecule has 2 rings (SSSR count). The van der Waals surface area contributed by atoms with Crippen LogP contribution < -0.4 is 0 Å². The average Bonchev–Trinajstić information content (AvgIpc) is 2.66. The number of carboxylic acids is 1. The van der Waals surface area contributed by atoms with Gasteiger partial charge in [0.2, 0.25) is 0 Å². The van der Waals surface area contributed by atoms with Gasteiger partial charge in [0.25, 0.3) is 0 Å². The highest BCUT2D eigenvalue weighted by atomic mass is 35.5. The van der Waals surface area contributed by atoms with E-state index in [1.807, 2.05) is 12.1 Å². The maximum atomic E-state index is 10.5. The Kier molecular flexibility index (Phi) is 2.92. The highest BCUT2D eigenvalue weighted by molar-refractivity contribution is 6.30. The third-order valence-electron chi connectivity index (χ3n) is 2.10. The number of aromatic amines is 1. The van der Waals surface area contributed by atoms with Gasteiger partial charge in [-0.1, -0.05) is 23.7 Å². The van der Waals surface area contributed by atoms with E-state index in [-0.39, 0.29) is 6.42 Å². The molecule has 0 unspecified atom stereocenters. The first-order valence-electron chi connectivity index (χ1n) is 4.67. The maximum Gasteiger partial charge on any atom is 0.311 e. The van der Waals surface area contributed by atoms with Crippen molar-refractivity contribution in [1.29, 1.82) is 0 Å². The van der Waals surface area contributed by atoms with Gasteiger partial charge in [0, 0.05) is 5.02 Å². The zero-order valence-electron chi connectivity index (χ0n) is 8.27. The second kappa shape index (κ2) is 4.37. The van der Waals surface area contributed by atoms with Crippen LogP contribution in [0.1, 0.15) is 5.82 Å². The highest BCUT2D eigenvalue weighted by Gasteiger charge is 2.06. The second-order valence-corrected chi connectivity index (χ2v) is 3.76. The zero-order chi connectivity index (χ0) is 11.5.